The lowest BCUT2D eigenvalue weighted by atomic mass is 10.1. The lowest BCUT2D eigenvalue weighted by molar-refractivity contribution is 0.877. The second-order valence-electron chi connectivity index (χ2n) is 4.45. The Balaban J connectivity index is 2.03. The molecule has 0 aliphatic rings. The van der Waals surface area contributed by atoms with Crippen LogP contribution in [0.2, 0.25) is 5.02 Å². The summed E-state index contributed by atoms with van der Waals surface area (Å²) < 4.78 is 1.64. The molecule has 3 rings (SSSR count). The van der Waals surface area contributed by atoms with Gasteiger partial charge in [-0.1, -0.05) is 29.8 Å². The maximum atomic E-state index is 9.09. The molecule has 0 spiro atoms. The number of hydrogen-bond donors (Lipinski definition) is 0. The summed E-state index contributed by atoms with van der Waals surface area (Å²) in [7, 11) is 0. The Kier molecular flexibility index (Phi) is 3.95. The average molecular weight is 308 g/mol. The van der Waals surface area contributed by atoms with Crippen molar-refractivity contribution in [2.45, 2.75) is 0 Å². The molecule has 22 heavy (non-hydrogen) atoms. The number of nitrogens with zero attached hydrogens (tertiary/aromatic N) is 5. The fourth-order valence-electron chi connectivity index (χ4n) is 2.01. The van der Waals surface area contributed by atoms with Gasteiger partial charge in [0.25, 0.3) is 0 Å². The van der Waals surface area contributed by atoms with Crippen LogP contribution in [0.1, 0.15) is 16.7 Å². The number of rotatable bonds is 3. The second-order valence-corrected chi connectivity index (χ2v) is 4.89. The number of benzene rings is 1. The lowest BCUT2D eigenvalue weighted by Gasteiger charge is -2.06. The third kappa shape index (κ3) is 2.87. The zero-order valence-electron chi connectivity index (χ0n) is 11.4. The molecule has 0 amide bonds. The number of hydrogen-bond acceptors (Lipinski definition) is 4. The van der Waals surface area contributed by atoms with Crippen molar-refractivity contribution in [3.05, 3.63) is 71.0 Å². The van der Waals surface area contributed by atoms with Crippen molar-refractivity contribution in [3.63, 3.8) is 0 Å². The van der Waals surface area contributed by atoms with E-state index in [4.69, 9.17) is 16.9 Å². The second kappa shape index (κ2) is 6.20. The summed E-state index contributed by atoms with van der Waals surface area (Å²) in [5.74, 6) is 0. The van der Waals surface area contributed by atoms with Gasteiger partial charge in [-0.15, -0.1) is 0 Å². The van der Waals surface area contributed by atoms with Gasteiger partial charge in [-0.05, 0) is 23.8 Å². The summed E-state index contributed by atoms with van der Waals surface area (Å²) in [4.78, 5) is 7.89. The largest absolute Gasteiger partial charge is 0.263 e. The molecule has 0 aliphatic heterocycles. The predicted octanol–water partition coefficient (Wildman–Crippen LogP) is 3.36. The SMILES string of the molecule is N#Cc1cnccc1/C=C/c1ccc(Cl)cc1-n1cncn1. The van der Waals surface area contributed by atoms with Crippen LogP contribution in [-0.4, -0.2) is 19.7 Å². The molecule has 0 aliphatic carbocycles. The first-order valence-electron chi connectivity index (χ1n) is 6.44. The Morgan fingerprint density at radius 1 is 1.14 bits per heavy atom. The summed E-state index contributed by atoms with van der Waals surface area (Å²) in [6.45, 7) is 0. The molecule has 0 saturated carbocycles. The fraction of sp³-hybridized carbons (Fsp3) is 0. The van der Waals surface area contributed by atoms with Crippen LogP contribution in [0.4, 0.5) is 0 Å². The van der Waals surface area contributed by atoms with Crippen LogP contribution in [0.5, 0.6) is 0 Å². The van der Waals surface area contributed by atoms with Crippen molar-refractivity contribution < 1.29 is 0 Å². The Labute approximate surface area is 132 Å². The zero-order chi connectivity index (χ0) is 15.4. The van der Waals surface area contributed by atoms with Gasteiger partial charge in [0.1, 0.15) is 18.7 Å². The number of nitriles is 1. The van der Waals surface area contributed by atoms with Crippen LogP contribution in [0.15, 0.2) is 49.3 Å². The van der Waals surface area contributed by atoms with E-state index in [1.165, 1.54) is 6.33 Å². The van der Waals surface area contributed by atoms with Crippen molar-refractivity contribution in [1.29, 1.82) is 5.26 Å². The van der Waals surface area contributed by atoms with Crippen LogP contribution in [0, 0.1) is 11.3 Å². The third-order valence-electron chi connectivity index (χ3n) is 3.08. The standard InChI is InChI=1S/C16H10ClN5/c17-15-4-3-13(16(7-15)22-11-20-10-21-22)2-1-12-5-6-19-9-14(12)8-18/h1-7,9-11H/b2-1+. The van der Waals surface area contributed by atoms with Gasteiger partial charge in [0.05, 0.1) is 11.3 Å². The van der Waals surface area contributed by atoms with E-state index in [9.17, 15) is 0 Å². The van der Waals surface area contributed by atoms with Gasteiger partial charge in [0, 0.05) is 23.0 Å². The molecule has 3 aromatic rings. The van der Waals surface area contributed by atoms with Crippen molar-refractivity contribution in [2.24, 2.45) is 0 Å². The van der Waals surface area contributed by atoms with Crippen LogP contribution < -0.4 is 0 Å². The molecule has 1 aromatic carbocycles. The molecule has 6 heteroatoms. The summed E-state index contributed by atoms with van der Waals surface area (Å²) in [6.07, 6.45) is 10.0. The van der Waals surface area contributed by atoms with E-state index in [0.29, 0.717) is 10.6 Å². The molecular weight excluding hydrogens is 298 g/mol. The van der Waals surface area contributed by atoms with E-state index in [0.717, 1.165) is 16.8 Å². The van der Waals surface area contributed by atoms with Crippen molar-refractivity contribution in [2.75, 3.05) is 0 Å². The van der Waals surface area contributed by atoms with E-state index >= 15 is 0 Å². The minimum absolute atomic E-state index is 0.523. The van der Waals surface area contributed by atoms with Gasteiger partial charge in [0.15, 0.2) is 0 Å². The maximum Gasteiger partial charge on any atom is 0.138 e. The van der Waals surface area contributed by atoms with Gasteiger partial charge >= 0.3 is 0 Å². The van der Waals surface area contributed by atoms with E-state index < -0.39 is 0 Å². The Morgan fingerprint density at radius 3 is 2.77 bits per heavy atom. The highest BCUT2D eigenvalue weighted by Crippen LogP contribution is 2.21. The first-order valence-corrected chi connectivity index (χ1v) is 6.82. The van der Waals surface area contributed by atoms with Crippen LogP contribution in [0.25, 0.3) is 17.8 Å². The lowest BCUT2D eigenvalue weighted by Crippen LogP contribution is -1.97. The molecule has 0 saturated heterocycles. The molecule has 2 heterocycles. The summed E-state index contributed by atoms with van der Waals surface area (Å²) in [6, 6.07) is 9.42. The Bertz CT molecular complexity index is 862. The van der Waals surface area contributed by atoms with Crippen LogP contribution >= 0.6 is 11.6 Å². The smallest absolute Gasteiger partial charge is 0.138 e. The average Bonchev–Trinajstić information content (AvgIpc) is 3.08. The highest BCUT2D eigenvalue weighted by Gasteiger charge is 2.05. The first-order chi connectivity index (χ1) is 10.8. The normalized spacial score (nSPS) is 10.7. The third-order valence-corrected chi connectivity index (χ3v) is 3.31. The van der Waals surface area contributed by atoms with Gasteiger partial charge in [-0.3, -0.25) is 4.98 Å². The minimum Gasteiger partial charge on any atom is -0.263 e. The molecule has 0 unspecified atom stereocenters. The molecule has 5 nitrogen and oxygen atoms in total. The summed E-state index contributed by atoms with van der Waals surface area (Å²) >= 11 is 6.06. The molecule has 106 valence electrons. The number of halogens is 1. The topological polar surface area (TPSA) is 67.4 Å². The Morgan fingerprint density at radius 2 is 2.00 bits per heavy atom. The molecule has 0 radical (unpaired) electrons. The van der Waals surface area contributed by atoms with Gasteiger partial charge in [-0.25, -0.2) is 9.67 Å². The maximum absolute atomic E-state index is 9.09. The van der Waals surface area contributed by atoms with Gasteiger partial charge in [0.2, 0.25) is 0 Å². The summed E-state index contributed by atoms with van der Waals surface area (Å²) in [5, 5.41) is 13.8. The summed E-state index contributed by atoms with van der Waals surface area (Å²) in [5.41, 5.74) is 3.05. The molecular formula is C16H10ClN5. The van der Waals surface area contributed by atoms with Crippen LogP contribution in [0.3, 0.4) is 0 Å². The van der Waals surface area contributed by atoms with Crippen molar-refractivity contribution in [1.82, 2.24) is 19.7 Å². The van der Waals surface area contributed by atoms with Crippen LogP contribution in [-0.2, 0) is 0 Å². The first kappa shape index (κ1) is 14.0. The highest BCUT2D eigenvalue weighted by molar-refractivity contribution is 6.30. The van der Waals surface area contributed by atoms with Gasteiger partial charge < -0.3 is 0 Å². The van der Waals surface area contributed by atoms with E-state index in [1.807, 2.05) is 24.3 Å². The molecule has 2 aromatic heterocycles. The van der Waals surface area contributed by atoms with E-state index in [2.05, 4.69) is 21.1 Å². The van der Waals surface area contributed by atoms with E-state index in [1.54, 1.807) is 35.5 Å². The number of pyridine rings is 1. The predicted molar refractivity (Wildman–Crippen MR) is 84.2 cm³/mol. The minimum atomic E-state index is 0.523. The fourth-order valence-corrected chi connectivity index (χ4v) is 2.18. The van der Waals surface area contributed by atoms with Gasteiger partial charge in [-0.2, -0.15) is 10.4 Å². The van der Waals surface area contributed by atoms with Crippen molar-refractivity contribution in [3.8, 4) is 11.8 Å². The quantitative estimate of drug-likeness (QED) is 0.744. The Hall–Kier alpha value is -2.97. The zero-order valence-corrected chi connectivity index (χ0v) is 12.1. The van der Waals surface area contributed by atoms with E-state index in [-0.39, 0.29) is 0 Å². The molecule has 0 atom stereocenters. The molecule has 0 N–H and O–H groups in total. The molecule has 0 fully saturated rings. The molecule has 0 bridgehead atoms. The monoisotopic (exact) mass is 307 g/mol. The number of aromatic nitrogens is 4. The van der Waals surface area contributed by atoms with Crippen molar-refractivity contribution >= 4 is 23.8 Å². The highest BCUT2D eigenvalue weighted by atomic mass is 35.5.